The van der Waals surface area contributed by atoms with E-state index >= 15 is 0 Å². The molecule has 3 nitrogen and oxygen atoms in total. The molecule has 0 aromatic heterocycles. The average molecular weight is 378 g/mol. The van der Waals surface area contributed by atoms with Crippen LogP contribution in [0.2, 0.25) is 10.0 Å². The van der Waals surface area contributed by atoms with Crippen LogP contribution in [-0.4, -0.2) is 17.6 Å². The zero-order valence-electron chi connectivity index (χ0n) is 12.1. The first-order valence-corrected chi connectivity index (χ1v) is 7.52. The minimum Gasteiger partial charge on any atom is -0.387 e. The lowest BCUT2D eigenvalue weighted by molar-refractivity contribution is -0.137. The summed E-state index contributed by atoms with van der Waals surface area (Å²) in [6, 6.07) is 8.39. The molecular formula is C16H12Cl2F3NO2. The molecule has 2 rings (SSSR count). The molecule has 1 unspecified atom stereocenters. The normalized spacial score (nSPS) is 12.8. The van der Waals surface area contributed by atoms with Crippen LogP contribution >= 0.6 is 23.2 Å². The van der Waals surface area contributed by atoms with Gasteiger partial charge in [-0.3, -0.25) is 4.79 Å². The Morgan fingerprint density at radius 2 is 1.71 bits per heavy atom. The van der Waals surface area contributed by atoms with Crippen LogP contribution in [0.5, 0.6) is 0 Å². The number of benzene rings is 2. The molecule has 2 aromatic rings. The van der Waals surface area contributed by atoms with Crippen molar-refractivity contribution in [3.8, 4) is 0 Å². The molecule has 0 aliphatic carbocycles. The quantitative estimate of drug-likeness (QED) is 0.825. The summed E-state index contributed by atoms with van der Waals surface area (Å²) in [6.45, 7) is -0.162. The summed E-state index contributed by atoms with van der Waals surface area (Å²) in [7, 11) is 0. The lowest BCUT2D eigenvalue weighted by Gasteiger charge is -2.14. The molecule has 0 spiro atoms. The predicted octanol–water partition coefficient (Wildman–Crippen LogP) is 4.48. The van der Waals surface area contributed by atoms with Crippen LogP contribution in [0.4, 0.5) is 13.2 Å². The van der Waals surface area contributed by atoms with Gasteiger partial charge < -0.3 is 10.4 Å². The maximum atomic E-state index is 12.5. The molecule has 1 amide bonds. The first-order chi connectivity index (χ1) is 11.2. The van der Waals surface area contributed by atoms with Gasteiger partial charge in [-0.2, -0.15) is 13.2 Å². The van der Waals surface area contributed by atoms with Gasteiger partial charge in [-0.05, 0) is 35.9 Å². The number of aliphatic hydroxyl groups is 1. The minimum absolute atomic E-state index is 0.162. The van der Waals surface area contributed by atoms with Crippen LogP contribution < -0.4 is 5.32 Å². The highest BCUT2D eigenvalue weighted by Crippen LogP contribution is 2.30. The minimum atomic E-state index is -4.44. The Morgan fingerprint density at radius 1 is 1.08 bits per heavy atom. The van der Waals surface area contributed by atoms with Gasteiger partial charge in [-0.1, -0.05) is 35.3 Å². The topological polar surface area (TPSA) is 49.3 Å². The van der Waals surface area contributed by atoms with Gasteiger partial charge in [0.2, 0.25) is 0 Å². The van der Waals surface area contributed by atoms with Crippen molar-refractivity contribution < 1.29 is 23.1 Å². The molecule has 128 valence electrons. The number of carbonyl (C=O) groups is 1. The lowest BCUT2D eigenvalue weighted by Crippen LogP contribution is -2.28. The molecule has 0 aliphatic rings. The van der Waals surface area contributed by atoms with E-state index < -0.39 is 23.8 Å². The molecule has 24 heavy (non-hydrogen) atoms. The SMILES string of the molecule is O=C(NCC(O)c1ccc(C(F)(F)F)cc1)c1ccc(Cl)c(Cl)c1. The Labute approximate surface area is 146 Å². The fourth-order valence-corrected chi connectivity index (χ4v) is 2.24. The fourth-order valence-electron chi connectivity index (χ4n) is 1.94. The molecule has 0 radical (unpaired) electrons. The molecule has 0 heterocycles. The maximum Gasteiger partial charge on any atom is 0.416 e. The van der Waals surface area contributed by atoms with Gasteiger partial charge in [0.15, 0.2) is 0 Å². The van der Waals surface area contributed by atoms with E-state index in [9.17, 15) is 23.1 Å². The standard InChI is InChI=1S/C16H12Cl2F3NO2/c17-12-6-3-10(7-13(12)18)15(24)22-8-14(23)9-1-4-11(5-2-9)16(19,20)21/h1-7,14,23H,8H2,(H,22,24). The summed E-state index contributed by atoms with van der Waals surface area (Å²) in [5.41, 5.74) is -0.292. The van der Waals surface area contributed by atoms with Crippen molar-refractivity contribution in [2.45, 2.75) is 12.3 Å². The van der Waals surface area contributed by atoms with Crippen molar-refractivity contribution in [3.05, 3.63) is 69.2 Å². The molecule has 2 N–H and O–H groups in total. The van der Waals surface area contributed by atoms with E-state index in [0.29, 0.717) is 5.02 Å². The van der Waals surface area contributed by atoms with Crippen molar-refractivity contribution in [3.63, 3.8) is 0 Å². The average Bonchev–Trinajstić information content (AvgIpc) is 2.54. The number of alkyl halides is 3. The molecule has 2 aromatic carbocycles. The van der Waals surface area contributed by atoms with Gasteiger partial charge in [0, 0.05) is 12.1 Å². The summed E-state index contributed by atoms with van der Waals surface area (Å²) in [4.78, 5) is 12.0. The predicted molar refractivity (Wildman–Crippen MR) is 85.2 cm³/mol. The highest BCUT2D eigenvalue weighted by atomic mass is 35.5. The molecule has 0 saturated carbocycles. The van der Waals surface area contributed by atoms with Crippen molar-refractivity contribution in [2.75, 3.05) is 6.54 Å². The van der Waals surface area contributed by atoms with Crippen molar-refractivity contribution in [1.82, 2.24) is 5.32 Å². The Morgan fingerprint density at radius 3 is 2.25 bits per heavy atom. The second-order valence-corrected chi connectivity index (χ2v) is 5.79. The van der Waals surface area contributed by atoms with Gasteiger partial charge >= 0.3 is 6.18 Å². The summed E-state index contributed by atoms with van der Waals surface area (Å²) >= 11 is 11.6. The first-order valence-electron chi connectivity index (χ1n) is 6.77. The molecule has 0 fully saturated rings. The molecule has 0 bridgehead atoms. The highest BCUT2D eigenvalue weighted by molar-refractivity contribution is 6.42. The van der Waals surface area contributed by atoms with E-state index in [1.54, 1.807) is 0 Å². The lowest BCUT2D eigenvalue weighted by atomic mass is 10.1. The molecule has 0 saturated heterocycles. The number of aliphatic hydroxyl groups excluding tert-OH is 1. The maximum absolute atomic E-state index is 12.5. The summed E-state index contributed by atoms with van der Waals surface area (Å²) in [6.07, 6.45) is -5.58. The van der Waals surface area contributed by atoms with Crippen molar-refractivity contribution >= 4 is 29.1 Å². The highest BCUT2D eigenvalue weighted by Gasteiger charge is 2.30. The van der Waals surface area contributed by atoms with Crippen LogP contribution in [0.25, 0.3) is 0 Å². The van der Waals surface area contributed by atoms with E-state index in [0.717, 1.165) is 12.1 Å². The van der Waals surface area contributed by atoms with Gasteiger partial charge in [-0.25, -0.2) is 0 Å². The van der Waals surface area contributed by atoms with Gasteiger partial charge in [0.1, 0.15) is 0 Å². The Bertz CT molecular complexity index is 733. The van der Waals surface area contributed by atoms with E-state index in [-0.39, 0.29) is 22.7 Å². The van der Waals surface area contributed by atoms with E-state index in [2.05, 4.69) is 5.32 Å². The van der Waals surface area contributed by atoms with E-state index in [1.807, 2.05) is 0 Å². The van der Waals surface area contributed by atoms with Crippen LogP contribution in [0.15, 0.2) is 42.5 Å². The number of amides is 1. The Balaban J connectivity index is 1.98. The van der Waals surface area contributed by atoms with Crippen LogP contribution in [0.1, 0.15) is 27.6 Å². The number of halogens is 5. The Hall–Kier alpha value is -1.76. The van der Waals surface area contributed by atoms with Crippen LogP contribution in [0.3, 0.4) is 0 Å². The summed E-state index contributed by atoms with van der Waals surface area (Å²) in [5, 5.41) is 13.0. The molecule has 8 heteroatoms. The smallest absolute Gasteiger partial charge is 0.387 e. The largest absolute Gasteiger partial charge is 0.416 e. The third kappa shape index (κ3) is 4.63. The molecule has 1 atom stereocenters. The number of hydrogen-bond acceptors (Lipinski definition) is 2. The number of hydrogen-bond donors (Lipinski definition) is 2. The van der Waals surface area contributed by atoms with Crippen LogP contribution in [0, 0.1) is 0 Å². The molecule has 0 aliphatic heterocycles. The van der Waals surface area contributed by atoms with Gasteiger partial charge in [0.25, 0.3) is 5.91 Å². The molecular weight excluding hydrogens is 366 g/mol. The zero-order chi connectivity index (χ0) is 17.9. The van der Waals surface area contributed by atoms with Crippen LogP contribution in [-0.2, 0) is 6.18 Å². The number of nitrogens with one attached hydrogen (secondary N) is 1. The monoisotopic (exact) mass is 377 g/mol. The Kier molecular flexibility index (Phi) is 5.74. The number of carbonyl (C=O) groups excluding carboxylic acids is 1. The number of rotatable bonds is 4. The van der Waals surface area contributed by atoms with Gasteiger partial charge in [0.05, 0.1) is 21.7 Å². The zero-order valence-corrected chi connectivity index (χ0v) is 13.6. The fraction of sp³-hybridized carbons (Fsp3) is 0.188. The van der Waals surface area contributed by atoms with Gasteiger partial charge in [-0.15, -0.1) is 0 Å². The summed E-state index contributed by atoms with van der Waals surface area (Å²) < 4.78 is 37.5. The van der Waals surface area contributed by atoms with Crippen molar-refractivity contribution in [1.29, 1.82) is 0 Å². The van der Waals surface area contributed by atoms with Crippen molar-refractivity contribution in [2.24, 2.45) is 0 Å². The summed E-state index contributed by atoms with van der Waals surface area (Å²) in [5.74, 6) is -0.487. The third-order valence-electron chi connectivity index (χ3n) is 3.26. The first kappa shape index (κ1) is 18.6. The second kappa shape index (κ2) is 7.42. The van der Waals surface area contributed by atoms with E-state index in [4.69, 9.17) is 23.2 Å². The second-order valence-electron chi connectivity index (χ2n) is 4.97. The van der Waals surface area contributed by atoms with E-state index in [1.165, 1.54) is 30.3 Å². The third-order valence-corrected chi connectivity index (χ3v) is 4.00.